The van der Waals surface area contributed by atoms with Crippen molar-refractivity contribution in [2.75, 3.05) is 26.2 Å². The second-order valence-corrected chi connectivity index (χ2v) is 6.97. The lowest BCUT2D eigenvalue weighted by Crippen LogP contribution is -2.48. The molecule has 2 aromatic carbocycles. The van der Waals surface area contributed by atoms with Crippen molar-refractivity contribution in [1.82, 2.24) is 19.4 Å². The van der Waals surface area contributed by atoms with Gasteiger partial charge in [-0.25, -0.2) is 4.98 Å². The van der Waals surface area contributed by atoms with Crippen LogP contribution in [0.1, 0.15) is 16.2 Å². The quantitative estimate of drug-likeness (QED) is 0.718. The number of nitrogens with zero attached hydrogens (tertiary/aromatic N) is 4. The van der Waals surface area contributed by atoms with Crippen LogP contribution in [0.4, 0.5) is 0 Å². The minimum atomic E-state index is 0.117. The van der Waals surface area contributed by atoms with E-state index in [-0.39, 0.29) is 5.91 Å². The number of aryl methyl sites for hydroxylation is 1. The second kappa shape index (κ2) is 7.76. The van der Waals surface area contributed by atoms with Gasteiger partial charge in [-0.1, -0.05) is 42.5 Å². The highest BCUT2D eigenvalue weighted by Crippen LogP contribution is 2.20. The van der Waals surface area contributed by atoms with Crippen molar-refractivity contribution in [1.29, 1.82) is 0 Å². The van der Waals surface area contributed by atoms with Gasteiger partial charge in [-0.2, -0.15) is 0 Å². The molecule has 0 atom stereocenters. The smallest absolute Gasteiger partial charge is 0.253 e. The summed E-state index contributed by atoms with van der Waals surface area (Å²) in [4.78, 5) is 21.5. The second-order valence-electron chi connectivity index (χ2n) is 6.97. The molecule has 0 unspecified atom stereocenters. The monoisotopic (exact) mass is 360 g/mol. The van der Waals surface area contributed by atoms with Crippen LogP contribution >= 0.6 is 0 Å². The number of hydrogen-bond donors (Lipinski definition) is 0. The molecule has 1 aromatic heterocycles. The zero-order chi connectivity index (χ0) is 18.6. The lowest BCUT2D eigenvalue weighted by atomic mass is 10.0. The first kappa shape index (κ1) is 17.5. The van der Waals surface area contributed by atoms with E-state index in [1.165, 1.54) is 5.56 Å². The molecule has 1 aliphatic heterocycles. The number of carbonyl (C=O) groups is 1. The van der Waals surface area contributed by atoms with E-state index in [9.17, 15) is 4.79 Å². The van der Waals surface area contributed by atoms with Crippen LogP contribution < -0.4 is 0 Å². The number of amides is 1. The van der Waals surface area contributed by atoms with Gasteiger partial charge in [0.15, 0.2) is 0 Å². The van der Waals surface area contributed by atoms with Crippen molar-refractivity contribution in [2.45, 2.75) is 6.54 Å². The molecular formula is C22H24N4O. The minimum Gasteiger partial charge on any atom is -0.337 e. The summed E-state index contributed by atoms with van der Waals surface area (Å²) in [5, 5.41) is 0. The zero-order valence-corrected chi connectivity index (χ0v) is 15.6. The fraction of sp³-hybridized carbons (Fsp3) is 0.273. The Hall–Kier alpha value is -2.92. The molecule has 2 heterocycles. The summed E-state index contributed by atoms with van der Waals surface area (Å²) in [5.74, 6) is 1.18. The molecule has 0 saturated carbocycles. The number of imidazole rings is 1. The van der Waals surface area contributed by atoms with Crippen molar-refractivity contribution in [2.24, 2.45) is 7.05 Å². The number of aromatic nitrogens is 2. The third kappa shape index (κ3) is 3.93. The molecule has 1 amide bonds. The Balaban J connectivity index is 1.36. The maximum absolute atomic E-state index is 12.8. The highest BCUT2D eigenvalue weighted by Gasteiger charge is 2.22. The molecule has 0 bridgehead atoms. The Bertz CT molecular complexity index is 894. The van der Waals surface area contributed by atoms with E-state index in [4.69, 9.17) is 0 Å². The number of carbonyl (C=O) groups excluding carboxylic acids is 1. The number of piperazine rings is 1. The summed E-state index contributed by atoms with van der Waals surface area (Å²) >= 11 is 0. The topological polar surface area (TPSA) is 41.4 Å². The molecule has 0 aliphatic carbocycles. The third-order valence-electron chi connectivity index (χ3n) is 5.18. The van der Waals surface area contributed by atoms with Crippen LogP contribution in [0.2, 0.25) is 0 Å². The van der Waals surface area contributed by atoms with Gasteiger partial charge in [-0.05, 0) is 23.3 Å². The predicted molar refractivity (Wildman–Crippen MR) is 106 cm³/mol. The van der Waals surface area contributed by atoms with Gasteiger partial charge in [0.25, 0.3) is 5.91 Å². The van der Waals surface area contributed by atoms with Gasteiger partial charge in [0.2, 0.25) is 0 Å². The number of hydrogen-bond acceptors (Lipinski definition) is 3. The largest absolute Gasteiger partial charge is 0.337 e. The Labute approximate surface area is 159 Å². The normalized spacial score (nSPS) is 15.1. The lowest BCUT2D eigenvalue weighted by Gasteiger charge is -2.34. The van der Waals surface area contributed by atoms with E-state index in [0.29, 0.717) is 0 Å². The maximum atomic E-state index is 12.8. The zero-order valence-electron chi connectivity index (χ0n) is 15.6. The van der Waals surface area contributed by atoms with Crippen molar-refractivity contribution < 1.29 is 4.79 Å². The van der Waals surface area contributed by atoms with Gasteiger partial charge in [0.05, 0.1) is 6.54 Å². The summed E-state index contributed by atoms with van der Waals surface area (Å²) in [6, 6.07) is 18.2. The molecule has 5 heteroatoms. The molecule has 1 aliphatic rings. The van der Waals surface area contributed by atoms with E-state index >= 15 is 0 Å². The molecule has 1 fully saturated rings. The van der Waals surface area contributed by atoms with E-state index in [1.807, 2.05) is 71.4 Å². The molecule has 138 valence electrons. The van der Waals surface area contributed by atoms with Crippen LogP contribution in [0.25, 0.3) is 11.1 Å². The Morgan fingerprint density at radius 2 is 1.59 bits per heavy atom. The number of rotatable bonds is 4. The highest BCUT2D eigenvalue weighted by molar-refractivity contribution is 5.94. The fourth-order valence-electron chi connectivity index (χ4n) is 3.48. The Kier molecular flexibility index (Phi) is 5.03. The van der Waals surface area contributed by atoms with Crippen LogP contribution in [0.5, 0.6) is 0 Å². The summed E-state index contributed by atoms with van der Waals surface area (Å²) in [5.41, 5.74) is 3.05. The van der Waals surface area contributed by atoms with Crippen LogP contribution in [0.3, 0.4) is 0 Å². The van der Waals surface area contributed by atoms with Gasteiger partial charge in [0.1, 0.15) is 5.82 Å². The van der Waals surface area contributed by atoms with Gasteiger partial charge in [-0.3, -0.25) is 9.69 Å². The van der Waals surface area contributed by atoms with E-state index in [0.717, 1.165) is 49.7 Å². The van der Waals surface area contributed by atoms with Crippen LogP contribution in [0, 0.1) is 0 Å². The molecule has 0 N–H and O–H groups in total. The SMILES string of the molecule is Cn1ccnc1CN1CCN(C(=O)c2ccc(-c3ccccc3)cc2)CC1. The van der Waals surface area contributed by atoms with Gasteiger partial charge in [-0.15, -0.1) is 0 Å². The summed E-state index contributed by atoms with van der Waals surface area (Å²) in [7, 11) is 2.02. The first-order valence-electron chi connectivity index (χ1n) is 9.34. The van der Waals surface area contributed by atoms with E-state index < -0.39 is 0 Å². The van der Waals surface area contributed by atoms with E-state index in [1.54, 1.807) is 0 Å². The molecular weight excluding hydrogens is 336 g/mol. The average molecular weight is 360 g/mol. The van der Waals surface area contributed by atoms with Crippen molar-refractivity contribution in [3.05, 3.63) is 78.4 Å². The van der Waals surface area contributed by atoms with Gasteiger partial charge < -0.3 is 9.47 Å². The van der Waals surface area contributed by atoms with Gasteiger partial charge >= 0.3 is 0 Å². The number of benzene rings is 2. The van der Waals surface area contributed by atoms with Crippen molar-refractivity contribution >= 4 is 5.91 Å². The third-order valence-corrected chi connectivity index (χ3v) is 5.18. The van der Waals surface area contributed by atoms with E-state index in [2.05, 4.69) is 22.0 Å². The standard InChI is InChI=1S/C22H24N4O/c1-24-12-11-23-21(24)17-25-13-15-26(16-14-25)22(27)20-9-7-19(8-10-20)18-5-3-2-4-6-18/h2-12H,13-17H2,1H3. The molecule has 0 radical (unpaired) electrons. The molecule has 3 aromatic rings. The predicted octanol–water partition coefficient (Wildman–Crippen LogP) is 3.05. The summed E-state index contributed by atoms with van der Waals surface area (Å²) in [6.07, 6.45) is 3.79. The molecule has 4 rings (SSSR count). The highest BCUT2D eigenvalue weighted by atomic mass is 16.2. The maximum Gasteiger partial charge on any atom is 0.253 e. The van der Waals surface area contributed by atoms with Crippen molar-refractivity contribution in [3.63, 3.8) is 0 Å². The van der Waals surface area contributed by atoms with Crippen LogP contribution in [0.15, 0.2) is 67.0 Å². The lowest BCUT2D eigenvalue weighted by molar-refractivity contribution is 0.0624. The van der Waals surface area contributed by atoms with Crippen LogP contribution in [-0.4, -0.2) is 51.4 Å². The van der Waals surface area contributed by atoms with Crippen molar-refractivity contribution in [3.8, 4) is 11.1 Å². The minimum absolute atomic E-state index is 0.117. The molecule has 5 nitrogen and oxygen atoms in total. The first-order valence-corrected chi connectivity index (χ1v) is 9.34. The molecule has 0 spiro atoms. The Morgan fingerprint density at radius 1 is 0.926 bits per heavy atom. The average Bonchev–Trinajstić information content (AvgIpc) is 3.13. The van der Waals surface area contributed by atoms with Crippen LogP contribution in [-0.2, 0) is 13.6 Å². The molecule has 27 heavy (non-hydrogen) atoms. The summed E-state index contributed by atoms with van der Waals surface area (Å²) in [6.45, 7) is 4.09. The fourth-order valence-corrected chi connectivity index (χ4v) is 3.48. The first-order chi connectivity index (χ1) is 13.2. The Morgan fingerprint density at radius 3 is 2.22 bits per heavy atom. The summed E-state index contributed by atoms with van der Waals surface area (Å²) < 4.78 is 2.05. The molecule has 1 saturated heterocycles. The van der Waals surface area contributed by atoms with Gasteiger partial charge in [0, 0.05) is 51.2 Å².